The van der Waals surface area contributed by atoms with Crippen molar-refractivity contribution in [2.24, 2.45) is 0 Å². The fourth-order valence-electron chi connectivity index (χ4n) is 4.04. The van der Waals surface area contributed by atoms with Gasteiger partial charge in [0.05, 0.1) is 12.2 Å². The predicted molar refractivity (Wildman–Crippen MR) is 114 cm³/mol. The van der Waals surface area contributed by atoms with Crippen LogP contribution in [-0.2, 0) is 9.59 Å². The minimum Gasteiger partial charge on any atom is -0.423 e. The number of esters is 1. The summed E-state index contributed by atoms with van der Waals surface area (Å²) in [6, 6.07) is 12.0. The van der Waals surface area contributed by atoms with Crippen LogP contribution in [0.1, 0.15) is 16.7 Å². The Labute approximate surface area is 171 Å². The molecule has 2 aliphatic rings. The number of ether oxygens (including phenoxy) is 1. The number of carbonyl (C=O) groups is 2. The van der Waals surface area contributed by atoms with Gasteiger partial charge in [-0.2, -0.15) is 0 Å². The molecule has 2 aromatic carbocycles. The van der Waals surface area contributed by atoms with E-state index in [0.717, 1.165) is 24.3 Å². The summed E-state index contributed by atoms with van der Waals surface area (Å²) in [6.45, 7) is 9.56. The van der Waals surface area contributed by atoms with E-state index in [9.17, 15) is 9.59 Å². The second-order valence-corrected chi connectivity index (χ2v) is 7.89. The normalized spacial score (nSPS) is 16.5. The SMILES string of the molecule is Cc1ccc2c(c1)N(CC(=O)N1CCN(c3cccc(C)c3C)CC1)CC(=O)O2. The second kappa shape index (κ2) is 7.78. The molecule has 0 saturated carbocycles. The van der Waals surface area contributed by atoms with Gasteiger partial charge in [-0.05, 0) is 55.7 Å². The van der Waals surface area contributed by atoms with Gasteiger partial charge in [0.1, 0.15) is 6.54 Å². The number of benzene rings is 2. The summed E-state index contributed by atoms with van der Waals surface area (Å²) >= 11 is 0. The van der Waals surface area contributed by atoms with E-state index < -0.39 is 0 Å². The minimum atomic E-state index is -0.325. The summed E-state index contributed by atoms with van der Waals surface area (Å²) in [5.41, 5.74) is 5.71. The van der Waals surface area contributed by atoms with Gasteiger partial charge < -0.3 is 19.4 Å². The Morgan fingerprint density at radius 1 is 1.00 bits per heavy atom. The van der Waals surface area contributed by atoms with Crippen molar-refractivity contribution >= 4 is 23.3 Å². The van der Waals surface area contributed by atoms with Crippen molar-refractivity contribution < 1.29 is 14.3 Å². The van der Waals surface area contributed by atoms with Crippen molar-refractivity contribution in [3.05, 3.63) is 53.1 Å². The highest BCUT2D eigenvalue weighted by Crippen LogP contribution is 2.32. The lowest BCUT2D eigenvalue weighted by molar-refractivity contribution is -0.133. The van der Waals surface area contributed by atoms with E-state index in [1.807, 2.05) is 28.9 Å². The number of fused-ring (bicyclic) bond motifs is 1. The molecule has 1 saturated heterocycles. The molecule has 2 aromatic rings. The summed E-state index contributed by atoms with van der Waals surface area (Å²) in [7, 11) is 0. The number of hydrogen-bond acceptors (Lipinski definition) is 5. The molecular formula is C23H27N3O3. The fourth-order valence-corrected chi connectivity index (χ4v) is 4.04. The van der Waals surface area contributed by atoms with Gasteiger partial charge >= 0.3 is 5.97 Å². The van der Waals surface area contributed by atoms with Crippen LogP contribution in [0.2, 0.25) is 0 Å². The molecule has 0 spiro atoms. The lowest BCUT2D eigenvalue weighted by Crippen LogP contribution is -2.52. The first-order chi connectivity index (χ1) is 13.9. The number of carbonyl (C=O) groups excluding carboxylic acids is 2. The highest BCUT2D eigenvalue weighted by molar-refractivity contribution is 5.89. The zero-order valence-electron chi connectivity index (χ0n) is 17.3. The van der Waals surface area contributed by atoms with Gasteiger partial charge in [0, 0.05) is 31.9 Å². The summed E-state index contributed by atoms with van der Waals surface area (Å²) < 4.78 is 5.32. The number of hydrogen-bond donors (Lipinski definition) is 0. The molecule has 2 heterocycles. The Morgan fingerprint density at radius 2 is 1.76 bits per heavy atom. The van der Waals surface area contributed by atoms with E-state index >= 15 is 0 Å². The Balaban J connectivity index is 1.41. The average Bonchev–Trinajstić information content (AvgIpc) is 2.70. The van der Waals surface area contributed by atoms with Crippen molar-refractivity contribution in [3.63, 3.8) is 0 Å². The topological polar surface area (TPSA) is 53.1 Å². The Hall–Kier alpha value is -3.02. The average molecular weight is 393 g/mol. The lowest BCUT2D eigenvalue weighted by Gasteiger charge is -2.38. The molecule has 6 heteroatoms. The van der Waals surface area contributed by atoms with Crippen LogP contribution >= 0.6 is 0 Å². The zero-order chi connectivity index (χ0) is 20.5. The Bertz CT molecular complexity index is 948. The first-order valence-electron chi connectivity index (χ1n) is 10.1. The predicted octanol–water partition coefficient (Wildman–Crippen LogP) is 2.69. The molecule has 0 bridgehead atoms. The molecule has 0 atom stereocenters. The number of nitrogens with zero attached hydrogens (tertiary/aromatic N) is 3. The van der Waals surface area contributed by atoms with E-state index in [0.29, 0.717) is 18.8 Å². The van der Waals surface area contributed by atoms with Crippen LogP contribution in [0.15, 0.2) is 36.4 Å². The number of rotatable bonds is 3. The monoisotopic (exact) mass is 393 g/mol. The van der Waals surface area contributed by atoms with Crippen molar-refractivity contribution in [1.82, 2.24) is 4.90 Å². The molecule has 152 valence electrons. The van der Waals surface area contributed by atoms with Crippen molar-refractivity contribution in [1.29, 1.82) is 0 Å². The van der Waals surface area contributed by atoms with Crippen molar-refractivity contribution in [3.8, 4) is 5.75 Å². The maximum absolute atomic E-state index is 12.9. The minimum absolute atomic E-state index is 0.0489. The zero-order valence-corrected chi connectivity index (χ0v) is 17.3. The molecule has 4 rings (SSSR count). The Morgan fingerprint density at radius 3 is 2.52 bits per heavy atom. The van der Waals surface area contributed by atoms with Gasteiger partial charge in [-0.3, -0.25) is 4.79 Å². The molecule has 0 unspecified atom stereocenters. The van der Waals surface area contributed by atoms with E-state index in [4.69, 9.17) is 4.74 Å². The first-order valence-corrected chi connectivity index (χ1v) is 10.1. The van der Waals surface area contributed by atoms with E-state index in [1.54, 1.807) is 6.07 Å². The number of amides is 1. The highest BCUT2D eigenvalue weighted by atomic mass is 16.5. The van der Waals surface area contributed by atoms with Crippen LogP contribution in [0.4, 0.5) is 11.4 Å². The van der Waals surface area contributed by atoms with E-state index in [-0.39, 0.29) is 25.0 Å². The summed E-state index contributed by atoms with van der Waals surface area (Å²) in [5.74, 6) is 0.251. The molecule has 1 fully saturated rings. The maximum Gasteiger partial charge on any atom is 0.331 e. The molecule has 2 aliphatic heterocycles. The van der Waals surface area contributed by atoms with Gasteiger partial charge in [0.2, 0.25) is 5.91 Å². The van der Waals surface area contributed by atoms with Crippen molar-refractivity contribution in [2.75, 3.05) is 49.1 Å². The largest absolute Gasteiger partial charge is 0.423 e. The van der Waals surface area contributed by atoms with Gasteiger partial charge in [0.25, 0.3) is 0 Å². The van der Waals surface area contributed by atoms with E-state index in [2.05, 4.69) is 36.9 Å². The van der Waals surface area contributed by atoms with E-state index in [1.165, 1.54) is 16.8 Å². The number of anilines is 2. The third-order valence-electron chi connectivity index (χ3n) is 5.87. The standard InChI is InChI=1S/C23H27N3O3/c1-16-7-8-21-20(13-16)26(15-23(28)29-21)14-22(27)25-11-9-24(10-12-25)19-6-4-5-17(2)18(19)3/h4-8,13H,9-12,14-15H2,1-3H3. The Kier molecular flexibility index (Phi) is 5.18. The van der Waals surface area contributed by atoms with Crippen LogP contribution in [0.3, 0.4) is 0 Å². The molecule has 0 N–H and O–H groups in total. The van der Waals surface area contributed by atoms with Crippen LogP contribution in [0, 0.1) is 20.8 Å². The van der Waals surface area contributed by atoms with Gasteiger partial charge in [-0.1, -0.05) is 18.2 Å². The first kappa shape index (κ1) is 19.3. The molecule has 29 heavy (non-hydrogen) atoms. The third kappa shape index (κ3) is 3.92. The van der Waals surface area contributed by atoms with Gasteiger partial charge in [-0.25, -0.2) is 4.79 Å². The lowest BCUT2D eigenvalue weighted by atomic mass is 10.1. The smallest absolute Gasteiger partial charge is 0.331 e. The van der Waals surface area contributed by atoms with Gasteiger partial charge in [0.15, 0.2) is 5.75 Å². The summed E-state index contributed by atoms with van der Waals surface area (Å²) in [6.07, 6.45) is 0. The molecule has 6 nitrogen and oxygen atoms in total. The molecule has 1 amide bonds. The van der Waals surface area contributed by atoms with Crippen molar-refractivity contribution in [2.45, 2.75) is 20.8 Å². The molecule has 0 aromatic heterocycles. The quantitative estimate of drug-likeness (QED) is 0.593. The van der Waals surface area contributed by atoms with Crippen LogP contribution < -0.4 is 14.5 Å². The van der Waals surface area contributed by atoms with Crippen LogP contribution in [-0.4, -0.2) is 56.0 Å². The van der Waals surface area contributed by atoms with Gasteiger partial charge in [-0.15, -0.1) is 0 Å². The maximum atomic E-state index is 12.9. The number of aryl methyl sites for hydroxylation is 2. The number of piperazine rings is 1. The molecule has 0 radical (unpaired) electrons. The van der Waals surface area contributed by atoms with Crippen LogP contribution in [0.25, 0.3) is 0 Å². The molecule has 0 aliphatic carbocycles. The molecular weight excluding hydrogens is 366 g/mol. The fraction of sp³-hybridized carbons (Fsp3) is 0.391. The summed E-state index contributed by atoms with van der Waals surface area (Å²) in [4.78, 5) is 31.0. The van der Waals surface area contributed by atoms with Crippen LogP contribution in [0.5, 0.6) is 5.75 Å². The highest BCUT2D eigenvalue weighted by Gasteiger charge is 2.29. The summed E-state index contributed by atoms with van der Waals surface area (Å²) in [5, 5.41) is 0. The second-order valence-electron chi connectivity index (χ2n) is 7.89. The third-order valence-corrected chi connectivity index (χ3v) is 5.87.